The van der Waals surface area contributed by atoms with Crippen LogP contribution in [0.1, 0.15) is 5.56 Å². The first-order valence-corrected chi connectivity index (χ1v) is 7.23. The van der Waals surface area contributed by atoms with Crippen LogP contribution < -0.4 is 10.5 Å². The summed E-state index contributed by atoms with van der Waals surface area (Å²) in [5.74, 6) is 0.541. The van der Waals surface area contributed by atoms with Gasteiger partial charge in [0.25, 0.3) is 0 Å². The highest BCUT2D eigenvalue weighted by Crippen LogP contribution is 2.32. The molecule has 0 saturated carbocycles. The molecule has 24 heavy (non-hydrogen) atoms. The number of methoxy groups -OCH3 is 1. The minimum Gasteiger partial charge on any atom is -0.497 e. The first-order chi connectivity index (χ1) is 11.6. The van der Waals surface area contributed by atoms with Crippen molar-refractivity contribution in [2.45, 2.75) is 0 Å². The molecular weight excluding hydrogens is 305 g/mol. The predicted molar refractivity (Wildman–Crippen MR) is 90.7 cm³/mol. The van der Waals surface area contributed by atoms with Crippen molar-refractivity contribution in [1.82, 2.24) is 4.98 Å². The molecule has 4 nitrogen and oxygen atoms in total. The number of benzene rings is 2. The second kappa shape index (κ2) is 6.39. The number of nitrogen functional groups attached to an aromatic ring is 1. The average molecular weight is 319 g/mol. The van der Waals surface area contributed by atoms with E-state index in [2.05, 4.69) is 11.1 Å². The number of hydrogen-bond acceptors (Lipinski definition) is 4. The Kier molecular flexibility index (Phi) is 4.13. The number of nitriles is 1. The Balaban J connectivity index is 2.16. The van der Waals surface area contributed by atoms with E-state index in [1.807, 2.05) is 24.3 Å². The molecule has 0 radical (unpaired) electrons. The third kappa shape index (κ3) is 2.90. The molecule has 0 aliphatic rings. The SMILES string of the molecule is COc1ccc(-c2cc(-c3ccc(F)cc3)nc(N)c2C#N)cc1. The lowest BCUT2D eigenvalue weighted by molar-refractivity contribution is 0.415. The van der Waals surface area contributed by atoms with E-state index in [-0.39, 0.29) is 11.6 Å². The van der Waals surface area contributed by atoms with E-state index >= 15 is 0 Å². The monoisotopic (exact) mass is 319 g/mol. The van der Waals surface area contributed by atoms with Crippen LogP contribution in [0.4, 0.5) is 10.2 Å². The molecule has 0 spiro atoms. The maximum atomic E-state index is 13.1. The lowest BCUT2D eigenvalue weighted by atomic mass is 9.98. The number of hydrogen-bond donors (Lipinski definition) is 1. The molecule has 0 unspecified atom stereocenters. The summed E-state index contributed by atoms with van der Waals surface area (Å²) in [6.45, 7) is 0. The van der Waals surface area contributed by atoms with Gasteiger partial charge in [0.05, 0.1) is 12.8 Å². The van der Waals surface area contributed by atoms with Crippen molar-refractivity contribution >= 4 is 5.82 Å². The fourth-order valence-electron chi connectivity index (χ4n) is 2.45. The summed E-state index contributed by atoms with van der Waals surface area (Å²) in [5, 5.41) is 9.41. The summed E-state index contributed by atoms with van der Waals surface area (Å²) in [6, 6.07) is 17.2. The quantitative estimate of drug-likeness (QED) is 0.791. The molecule has 1 heterocycles. The largest absolute Gasteiger partial charge is 0.497 e. The fourth-order valence-corrected chi connectivity index (χ4v) is 2.45. The van der Waals surface area contributed by atoms with Crippen LogP contribution in [0.5, 0.6) is 5.75 Å². The zero-order valence-electron chi connectivity index (χ0n) is 13.0. The van der Waals surface area contributed by atoms with Crippen LogP contribution in [-0.2, 0) is 0 Å². The molecule has 5 heteroatoms. The molecule has 1 aromatic heterocycles. The van der Waals surface area contributed by atoms with Crippen LogP contribution >= 0.6 is 0 Å². The normalized spacial score (nSPS) is 10.2. The smallest absolute Gasteiger partial charge is 0.142 e. The van der Waals surface area contributed by atoms with Gasteiger partial charge in [0, 0.05) is 11.1 Å². The van der Waals surface area contributed by atoms with Crippen LogP contribution in [0.3, 0.4) is 0 Å². The Hall–Kier alpha value is -3.39. The molecule has 2 N–H and O–H groups in total. The Morgan fingerprint density at radius 1 is 1.04 bits per heavy atom. The molecule has 118 valence electrons. The minimum atomic E-state index is -0.323. The van der Waals surface area contributed by atoms with Crippen molar-refractivity contribution in [2.24, 2.45) is 0 Å². The van der Waals surface area contributed by atoms with Gasteiger partial charge >= 0.3 is 0 Å². The summed E-state index contributed by atoms with van der Waals surface area (Å²) < 4.78 is 18.3. The summed E-state index contributed by atoms with van der Waals surface area (Å²) in [4.78, 5) is 4.27. The van der Waals surface area contributed by atoms with E-state index in [0.29, 0.717) is 16.8 Å². The molecule has 0 amide bonds. The second-order valence-electron chi connectivity index (χ2n) is 5.16. The van der Waals surface area contributed by atoms with Crippen molar-refractivity contribution in [3.05, 3.63) is 66.0 Å². The van der Waals surface area contributed by atoms with Crippen LogP contribution in [0.2, 0.25) is 0 Å². The molecule has 3 aromatic rings. The van der Waals surface area contributed by atoms with E-state index in [9.17, 15) is 9.65 Å². The summed E-state index contributed by atoms with van der Waals surface area (Å²) in [7, 11) is 1.59. The molecule has 0 atom stereocenters. The number of ether oxygens (including phenoxy) is 1. The maximum Gasteiger partial charge on any atom is 0.142 e. The lowest BCUT2D eigenvalue weighted by Crippen LogP contribution is -1.99. The molecule has 0 aliphatic carbocycles. The van der Waals surface area contributed by atoms with Gasteiger partial charge in [0.2, 0.25) is 0 Å². The number of anilines is 1. The molecular formula is C19H14FN3O. The molecule has 0 fully saturated rings. The van der Waals surface area contributed by atoms with Crippen LogP contribution in [0.15, 0.2) is 54.6 Å². The highest BCUT2D eigenvalue weighted by atomic mass is 19.1. The van der Waals surface area contributed by atoms with Crippen molar-refractivity contribution in [1.29, 1.82) is 5.26 Å². The van der Waals surface area contributed by atoms with E-state index < -0.39 is 0 Å². The molecule has 3 rings (SSSR count). The van der Waals surface area contributed by atoms with Crippen molar-refractivity contribution in [2.75, 3.05) is 12.8 Å². The standard InChI is InChI=1S/C19H14FN3O/c1-24-15-8-4-12(5-9-15)16-10-18(23-19(22)17(16)11-21)13-2-6-14(20)7-3-13/h2-10H,1H3,(H2,22,23). The van der Waals surface area contributed by atoms with Gasteiger partial charge in [-0.1, -0.05) is 12.1 Å². The minimum absolute atomic E-state index is 0.144. The van der Waals surface area contributed by atoms with Crippen molar-refractivity contribution in [3.8, 4) is 34.2 Å². The van der Waals surface area contributed by atoms with Gasteiger partial charge in [-0.15, -0.1) is 0 Å². The Bertz CT molecular complexity index is 913. The Morgan fingerprint density at radius 2 is 1.67 bits per heavy atom. The molecule has 0 aliphatic heterocycles. The first kappa shape index (κ1) is 15.5. The number of aromatic nitrogens is 1. The van der Waals surface area contributed by atoms with Gasteiger partial charge in [-0.2, -0.15) is 5.26 Å². The third-order valence-electron chi connectivity index (χ3n) is 3.70. The van der Waals surface area contributed by atoms with Gasteiger partial charge in [-0.05, 0) is 48.0 Å². The van der Waals surface area contributed by atoms with E-state index in [1.54, 1.807) is 25.3 Å². The first-order valence-electron chi connectivity index (χ1n) is 7.23. The van der Waals surface area contributed by atoms with E-state index in [0.717, 1.165) is 16.9 Å². The number of rotatable bonds is 3. The summed E-state index contributed by atoms with van der Waals surface area (Å²) >= 11 is 0. The van der Waals surface area contributed by atoms with Gasteiger partial charge in [-0.25, -0.2) is 9.37 Å². The van der Waals surface area contributed by atoms with Gasteiger partial charge in [-0.3, -0.25) is 0 Å². The number of pyridine rings is 1. The van der Waals surface area contributed by atoms with Crippen molar-refractivity contribution < 1.29 is 9.13 Å². The Morgan fingerprint density at radius 3 is 2.25 bits per heavy atom. The van der Waals surface area contributed by atoms with E-state index in [4.69, 9.17) is 10.5 Å². The number of nitrogens with zero attached hydrogens (tertiary/aromatic N) is 2. The summed E-state index contributed by atoms with van der Waals surface area (Å²) in [6.07, 6.45) is 0. The molecule has 0 saturated heterocycles. The topological polar surface area (TPSA) is 71.9 Å². The van der Waals surface area contributed by atoms with Crippen LogP contribution in [0.25, 0.3) is 22.4 Å². The third-order valence-corrected chi connectivity index (χ3v) is 3.70. The van der Waals surface area contributed by atoms with Crippen LogP contribution in [0, 0.1) is 17.1 Å². The second-order valence-corrected chi connectivity index (χ2v) is 5.16. The zero-order valence-corrected chi connectivity index (χ0v) is 13.0. The maximum absolute atomic E-state index is 13.1. The number of halogens is 1. The zero-order chi connectivity index (χ0) is 17.1. The predicted octanol–water partition coefficient (Wildman–Crippen LogP) is 4.02. The highest BCUT2D eigenvalue weighted by molar-refractivity contribution is 5.80. The average Bonchev–Trinajstić information content (AvgIpc) is 2.61. The number of nitrogens with two attached hydrogens (primary N) is 1. The highest BCUT2D eigenvalue weighted by Gasteiger charge is 2.13. The Labute approximate surface area is 139 Å². The van der Waals surface area contributed by atoms with Gasteiger partial charge in [0.15, 0.2) is 0 Å². The van der Waals surface area contributed by atoms with Gasteiger partial charge in [0.1, 0.15) is 29.0 Å². The van der Waals surface area contributed by atoms with E-state index in [1.165, 1.54) is 12.1 Å². The van der Waals surface area contributed by atoms with Gasteiger partial charge < -0.3 is 10.5 Å². The van der Waals surface area contributed by atoms with Crippen LogP contribution in [-0.4, -0.2) is 12.1 Å². The lowest BCUT2D eigenvalue weighted by Gasteiger charge is -2.11. The van der Waals surface area contributed by atoms with Crippen molar-refractivity contribution in [3.63, 3.8) is 0 Å². The molecule has 0 bridgehead atoms. The fraction of sp³-hybridized carbons (Fsp3) is 0.0526. The molecule has 2 aromatic carbocycles. The summed E-state index contributed by atoms with van der Waals surface area (Å²) in [5.41, 5.74) is 9.07.